The Hall–Kier alpha value is -1.37. The third-order valence-corrected chi connectivity index (χ3v) is 4.90. The predicted molar refractivity (Wildman–Crippen MR) is 66.1 cm³/mol. The third kappa shape index (κ3) is 2.55. The minimum absolute atomic E-state index is 0.0141. The molecule has 1 unspecified atom stereocenters. The van der Waals surface area contributed by atoms with Gasteiger partial charge in [-0.1, -0.05) is 0 Å². The van der Waals surface area contributed by atoms with E-state index in [2.05, 4.69) is 5.32 Å². The van der Waals surface area contributed by atoms with Gasteiger partial charge in [0.1, 0.15) is 5.69 Å². The minimum Gasteiger partial charge on any atom is -0.399 e. The number of hydrogen-bond donors (Lipinski definition) is 2. The van der Waals surface area contributed by atoms with Gasteiger partial charge < -0.3 is 11.1 Å². The van der Waals surface area contributed by atoms with Crippen molar-refractivity contribution in [3.05, 3.63) is 23.8 Å². The minimum atomic E-state index is -3.14. The highest BCUT2D eigenvalue weighted by molar-refractivity contribution is 7.91. The molecule has 0 amide bonds. The van der Waals surface area contributed by atoms with Gasteiger partial charge in [0.15, 0.2) is 21.5 Å². The Morgan fingerprint density at radius 1 is 1.33 bits per heavy atom. The molecule has 1 aliphatic rings. The van der Waals surface area contributed by atoms with Gasteiger partial charge in [-0.3, -0.25) is 0 Å². The van der Waals surface area contributed by atoms with Crippen molar-refractivity contribution < 1.29 is 17.2 Å². The van der Waals surface area contributed by atoms with Crippen LogP contribution in [-0.4, -0.2) is 25.5 Å². The maximum Gasteiger partial charge on any atom is 0.152 e. The molecule has 0 bridgehead atoms. The number of nitrogen functional groups attached to an aromatic ring is 1. The van der Waals surface area contributed by atoms with Crippen LogP contribution in [0.1, 0.15) is 13.3 Å². The van der Waals surface area contributed by atoms with Crippen LogP contribution in [-0.2, 0) is 9.84 Å². The fourth-order valence-electron chi connectivity index (χ4n) is 2.12. The summed E-state index contributed by atoms with van der Waals surface area (Å²) >= 11 is 0. The fourth-order valence-corrected chi connectivity index (χ4v) is 4.22. The van der Waals surface area contributed by atoms with Crippen LogP contribution in [0.25, 0.3) is 0 Å². The first-order chi connectivity index (χ1) is 8.21. The zero-order valence-electron chi connectivity index (χ0n) is 9.83. The second-order valence-electron chi connectivity index (χ2n) is 4.89. The van der Waals surface area contributed by atoms with Gasteiger partial charge in [0, 0.05) is 11.2 Å². The SMILES string of the molecule is CC1(Nc2c(F)cc(N)cc2F)CCS(=O)(=O)C1. The monoisotopic (exact) mass is 276 g/mol. The van der Waals surface area contributed by atoms with E-state index >= 15 is 0 Å². The quantitative estimate of drug-likeness (QED) is 0.804. The van der Waals surface area contributed by atoms with Crippen LogP contribution in [0.4, 0.5) is 20.2 Å². The first-order valence-corrected chi connectivity index (χ1v) is 7.26. The molecule has 100 valence electrons. The second kappa shape index (κ2) is 4.08. The Labute approximate surface area is 104 Å². The van der Waals surface area contributed by atoms with Crippen LogP contribution in [0.2, 0.25) is 0 Å². The largest absolute Gasteiger partial charge is 0.399 e. The van der Waals surface area contributed by atoms with Crippen LogP contribution in [0, 0.1) is 11.6 Å². The molecule has 1 aromatic rings. The second-order valence-corrected chi connectivity index (χ2v) is 7.07. The molecule has 1 heterocycles. The number of rotatable bonds is 2. The number of sulfone groups is 1. The molecule has 7 heteroatoms. The van der Waals surface area contributed by atoms with E-state index in [0.717, 1.165) is 12.1 Å². The number of halogens is 2. The van der Waals surface area contributed by atoms with E-state index in [9.17, 15) is 17.2 Å². The summed E-state index contributed by atoms with van der Waals surface area (Å²) in [5.74, 6) is -1.76. The Bertz CT molecular complexity index is 566. The molecule has 1 aliphatic heterocycles. The zero-order valence-corrected chi connectivity index (χ0v) is 10.7. The summed E-state index contributed by atoms with van der Waals surface area (Å²) in [4.78, 5) is 0. The van der Waals surface area contributed by atoms with Crippen molar-refractivity contribution in [1.82, 2.24) is 0 Å². The van der Waals surface area contributed by atoms with Crippen molar-refractivity contribution >= 4 is 21.2 Å². The average molecular weight is 276 g/mol. The predicted octanol–water partition coefficient (Wildman–Crippen LogP) is 1.54. The van der Waals surface area contributed by atoms with Crippen LogP contribution < -0.4 is 11.1 Å². The molecular formula is C11H14F2N2O2S. The zero-order chi connectivity index (χ0) is 13.6. The van der Waals surface area contributed by atoms with Gasteiger partial charge in [-0.2, -0.15) is 0 Å². The lowest BCUT2D eigenvalue weighted by Crippen LogP contribution is -2.36. The van der Waals surface area contributed by atoms with Crippen molar-refractivity contribution in [2.45, 2.75) is 18.9 Å². The number of anilines is 2. The molecule has 4 nitrogen and oxygen atoms in total. The van der Waals surface area contributed by atoms with Crippen LogP contribution in [0.3, 0.4) is 0 Å². The Kier molecular flexibility index (Phi) is 2.96. The van der Waals surface area contributed by atoms with Crippen molar-refractivity contribution in [1.29, 1.82) is 0 Å². The summed E-state index contributed by atoms with van der Waals surface area (Å²) < 4.78 is 50.0. The Morgan fingerprint density at radius 2 is 1.89 bits per heavy atom. The van der Waals surface area contributed by atoms with Crippen LogP contribution in [0.15, 0.2) is 12.1 Å². The average Bonchev–Trinajstić information content (AvgIpc) is 2.47. The van der Waals surface area contributed by atoms with Gasteiger partial charge in [0.25, 0.3) is 0 Å². The molecule has 0 saturated carbocycles. The van der Waals surface area contributed by atoms with E-state index in [1.54, 1.807) is 6.92 Å². The van der Waals surface area contributed by atoms with Crippen molar-refractivity contribution in [2.24, 2.45) is 0 Å². The van der Waals surface area contributed by atoms with Gasteiger partial charge in [0.05, 0.1) is 11.5 Å². The lowest BCUT2D eigenvalue weighted by molar-refractivity contribution is 0.541. The summed E-state index contributed by atoms with van der Waals surface area (Å²) in [6.07, 6.45) is 0.318. The van der Waals surface area contributed by atoms with E-state index in [1.165, 1.54) is 0 Å². The summed E-state index contributed by atoms with van der Waals surface area (Å²) in [6, 6.07) is 2.00. The van der Waals surface area contributed by atoms with E-state index in [-0.39, 0.29) is 22.9 Å². The fraction of sp³-hybridized carbons (Fsp3) is 0.455. The van der Waals surface area contributed by atoms with Gasteiger partial charge in [-0.25, -0.2) is 17.2 Å². The van der Waals surface area contributed by atoms with Crippen LogP contribution >= 0.6 is 0 Å². The molecule has 1 saturated heterocycles. The summed E-state index contributed by atoms with van der Waals surface area (Å²) in [5.41, 5.74) is 4.11. The van der Waals surface area contributed by atoms with E-state index in [0.29, 0.717) is 6.42 Å². The molecule has 0 spiro atoms. The molecule has 1 aromatic carbocycles. The van der Waals surface area contributed by atoms with Gasteiger partial charge in [-0.15, -0.1) is 0 Å². The molecular weight excluding hydrogens is 262 g/mol. The normalized spacial score (nSPS) is 26.2. The Morgan fingerprint density at radius 3 is 2.33 bits per heavy atom. The van der Waals surface area contributed by atoms with Crippen molar-refractivity contribution in [2.75, 3.05) is 22.6 Å². The molecule has 2 rings (SSSR count). The van der Waals surface area contributed by atoms with Crippen LogP contribution in [0.5, 0.6) is 0 Å². The molecule has 0 radical (unpaired) electrons. The summed E-state index contributed by atoms with van der Waals surface area (Å²) in [6.45, 7) is 1.63. The third-order valence-electron chi connectivity index (χ3n) is 2.99. The highest BCUT2D eigenvalue weighted by Crippen LogP contribution is 2.31. The maximum absolute atomic E-state index is 13.6. The number of nitrogens with one attached hydrogen (secondary N) is 1. The van der Waals surface area contributed by atoms with Crippen molar-refractivity contribution in [3.8, 4) is 0 Å². The van der Waals surface area contributed by atoms with E-state index in [1.807, 2.05) is 0 Å². The molecule has 0 aliphatic carbocycles. The highest BCUT2D eigenvalue weighted by Gasteiger charge is 2.39. The molecule has 1 fully saturated rings. The molecule has 18 heavy (non-hydrogen) atoms. The van der Waals surface area contributed by atoms with E-state index < -0.39 is 27.0 Å². The van der Waals surface area contributed by atoms with Gasteiger partial charge >= 0.3 is 0 Å². The Balaban J connectivity index is 2.31. The maximum atomic E-state index is 13.6. The molecule has 0 aromatic heterocycles. The first kappa shape index (κ1) is 13.1. The number of nitrogens with two attached hydrogens (primary N) is 1. The number of benzene rings is 1. The standard InChI is InChI=1S/C11H14F2N2O2S/c1-11(2-3-18(16,17)6-11)15-10-8(12)4-7(14)5-9(10)13/h4-5,15H,2-3,6,14H2,1H3. The summed E-state index contributed by atoms with van der Waals surface area (Å²) in [5, 5.41) is 2.65. The van der Waals surface area contributed by atoms with Gasteiger partial charge in [-0.05, 0) is 25.5 Å². The molecule has 1 atom stereocenters. The van der Waals surface area contributed by atoms with E-state index in [4.69, 9.17) is 5.73 Å². The first-order valence-electron chi connectivity index (χ1n) is 5.44. The smallest absolute Gasteiger partial charge is 0.152 e. The number of hydrogen-bond acceptors (Lipinski definition) is 4. The van der Waals surface area contributed by atoms with Crippen molar-refractivity contribution in [3.63, 3.8) is 0 Å². The highest BCUT2D eigenvalue weighted by atomic mass is 32.2. The lowest BCUT2D eigenvalue weighted by atomic mass is 10.0. The topological polar surface area (TPSA) is 72.2 Å². The lowest BCUT2D eigenvalue weighted by Gasteiger charge is -2.26. The molecule has 3 N–H and O–H groups in total. The van der Waals surface area contributed by atoms with Gasteiger partial charge in [0.2, 0.25) is 0 Å². The summed E-state index contributed by atoms with van der Waals surface area (Å²) in [7, 11) is -3.14.